The number of ether oxygens (including phenoxy) is 1. The summed E-state index contributed by atoms with van der Waals surface area (Å²) in [5.74, 6) is 0. The Labute approximate surface area is 117 Å². The molecule has 8 nitrogen and oxygen atoms in total. The van der Waals surface area contributed by atoms with Gasteiger partial charge in [0.05, 0.1) is 35.2 Å². The Morgan fingerprint density at radius 3 is 1.65 bits per heavy atom. The summed E-state index contributed by atoms with van der Waals surface area (Å²) in [5.41, 5.74) is 0. The molecule has 0 aliphatic carbocycles. The van der Waals surface area contributed by atoms with Crippen LogP contribution < -0.4 is 0 Å². The van der Waals surface area contributed by atoms with Crippen LogP contribution in [0.25, 0.3) is 0 Å². The Morgan fingerprint density at radius 1 is 1.06 bits per heavy atom. The maximum Gasteiger partial charge on any atom is 2.00 e. The van der Waals surface area contributed by atoms with Gasteiger partial charge in [0.15, 0.2) is 0 Å². The molecule has 0 unspecified atom stereocenters. The fraction of sp³-hybridized carbons (Fsp3) is 1.00. The van der Waals surface area contributed by atoms with Crippen molar-refractivity contribution in [3.63, 3.8) is 0 Å². The molecule has 0 saturated heterocycles. The summed E-state index contributed by atoms with van der Waals surface area (Å²) >= 11 is 0. The van der Waals surface area contributed by atoms with Crippen molar-refractivity contribution in [2.75, 3.05) is 19.8 Å². The van der Waals surface area contributed by atoms with Gasteiger partial charge in [0.1, 0.15) is 0 Å². The van der Waals surface area contributed by atoms with Crippen molar-refractivity contribution in [1.82, 2.24) is 0 Å². The summed E-state index contributed by atoms with van der Waals surface area (Å²) in [4.78, 5) is 0. The molecule has 0 bridgehead atoms. The zero-order valence-corrected chi connectivity index (χ0v) is 14.2. The maximum absolute atomic E-state index is 8.48. The summed E-state index contributed by atoms with van der Waals surface area (Å²) in [5, 5.41) is 8.24. The van der Waals surface area contributed by atoms with Crippen molar-refractivity contribution < 1.29 is 55.3 Å². The molecule has 0 radical (unpaired) electrons. The molecule has 0 aliphatic heterocycles. The van der Waals surface area contributed by atoms with Crippen LogP contribution in [0.1, 0.15) is 19.8 Å². The number of aliphatic hydroxyl groups excluding tert-OH is 1. The number of hydrogen-bond acceptors (Lipinski definition) is 8. The Morgan fingerprint density at radius 2 is 1.41 bits per heavy atom. The van der Waals surface area contributed by atoms with Crippen LogP contribution in [0.4, 0.5) is 0 Å². The van der Waals surface area contributed by atoms with Gasteiger partial charge in [0.2, 0.25) is 0 Å². The van der Waals surface area contributed by atoms with Crippen molar-refractivity contribution in [3.05, 3.63) is 0 Å². The maximum atomic E-state index is 8.48. The fourth-order valence-corrected chi connectivity index (χ4v) is 0.413. The van der Waals surface area contributed by atoms with E-state index in [2.05, 4.69) is 6.92 Å². The average molecular weight is 346 g/mol. The van der Waals surface area contributed by atoms with Crippen molar-refractivity contribution in [3.8, 4) is 0 Å². The molecule has 11 heteroatoms. The molecule has 0 aromatic carbocycles. The van der Waals surface area contributed by atoms with E-state index in [9.17, 15) is 0 Å². The van der Waals surface area contributed by atoms with Crippen LogP contribution >= 0.6 is 0 Å². The molecule has 0 aromatic heterocycles. The zero-order chi connectivity index (χ0) is 13.4. The number of aliphatic hydroxyl groups is 1. The molecule has 0 aromatic rings. The molecule has 0 saturated carbocycles. The Kier molecular flexibility index (Phi) is 38.7. The SMILES string of the molecule is CCCCOCCO.O=[SH](=O)[O-].O=[SH](=O)[O-].[Zn+2]. The van der Waals surface area contributed by atoms with Gasteiger partial charge in [-0.3, -0.25) is 0 Å². The molecule has 0 fully saturated rings. The van der Waals surface area contributed by atoms with Crippen LogP contribution in [-0.4, -0.2) is 50.9 Å². The van der Waals surface area contributed by atoms with Gasteiger partial charge in [-0.2, -0.15) is 0 Å². The second-order valence-corrected chi connectivity index (χ2v) is 3.03. The van der Waals surface area contributed by atoms with Gasteiger partial charge in [-0.15, -0.1) is 0 Å². The summed E-state index contributed by atoms with van der Waals surface area (Å²) in [6.07, 6.45) is 2.26. The molecule has 102 valence electrons. The fourth-order valence-electron chi connectivity index (χ4n) is 0.413. The number of hydrogen-bond donors (Lipinski definition) is 3. The Balaban J connectivity index is -0.0000000806. The van der Waals surface area contributed by atoms with Crippen molar-refractivity contribution in [2.45, 2.75) is 19.8 Å². The van der Waals surface area contributed by atoms with E-state index in [-0.39, 0.29) is 26.1 Å². The minimum atomic E-state index is -3.37. The van der Waals surface area contributed by atoms with E-state index in [1.165, 1.54) is 0 Å². The molecule has 0 atom stereocenters. The molecule has 0 amide bonds. The molecule has 0 spiro atoms. The van der Waals surface area contributed by atoms with E-state index in [1.807, 2.05) is 0 Å². The van der Waals surface area contributed by atoms with Crippen LogP contribution in [0.2, 0.25) is 0 Å². The first-order valence-corrected chi connectivity index (χ1v) is 6.39. The standard InChI is InChI=1S/C6H14O2.2H2O3S.Zn/c1-2-3-5-8-6-4-7;2*1-4(2)3;/h7H,2-6H2,1H3;2*4H,(H,1,2,3);/q;;;+2/p-2. The molecule has 0 heterocycles. The summed E-state index contributed by atoms with van der Waals surface area (Å²) in [7, 11) is -6.74. The molecule has 0 rings (SSSR count). The largest absolute Gasteiger partial charge is 2.00 e. The van der Waals surface area contributed by atoms with Gasteiger partial charge in [-0.05, 0) is 6.42 Å². The summed E-state index contributed by atoms with van der Waals surface area (Å²) in [6.45, 7) is 3.53. The third-order valence-corrected chi connectivity index (χ3v) is 0.878. The van der Waals surface area contributed by atoms with E-state index >= 15 is 0 Å². The molecular formula is C6H16O8S2Zn. The first-order chi connectivity index (χ1) is 7.38. The molecule has 0 aliphatic rings. The van der Waals surface area contributed by atoms with Crippen LogP contribution in [0.3, 0.4) is 0 Å². The van der Waals surface area contributed by atoms with Crippen LogP contribution in [0.15, 0.2) is 0 Å². The van der Waals surface area contributed by atoms with E-state index in [1.54, 1.807) is 0 Å². The Bertz CT molecular complexity index is 210. The predicted molar refractivity (Wildman–Crippen MR) is 55.0 cm³/mol. The quantitative estimate of drug-likeness (QED) is 0.230. The van der Waals surface area contributed by atoms with Crippen LogP contribution in [0.5, 0.6) is 0 Å². The van der Waals surface area contributed by atoms with Gasteiger partial charge in [0, 0.05) is 6.61 Å². The topological polar surface area (TPSA) is 144 Å². The van der Waals surface area contributed by atoms with Gasteiger partial charge >= 0.3 is 19.5 Å². The van der Waals surface area contributed by atoms with E-state index in [0.717, 1.165) is 19.4 Å². The monoisotopic (exact) mass is 344 g/mol. The third-order valence-electron chi connectivity index (χ3n) is 0.878. The van der Waals surface area contributed by atoms with Gasteiger partial charge in [0.25, 0.3) is 0 Å². The second-order valence-electron chi connectivity index (χ2n) is 2.14. The average Bonchev–Trinajstić information content (AvgIpc) is 2.11. The first kappa shape index (κ1) is 26.0. The molecule has 17 heavy (non-hydrogen) atoms. The van der Waals surface area contributed by atoms with Gasteiger partial charge in [-0.25, -0.2) is 16.8 Å². The summed E-state index contributed by atoms with van der Waals surface area (Å²) in [6, 6.07) is 0. The second kappa shape index (κ2) is 25.3. The predicted octanol–water partition coefficient (Wildman–Crippen LogP) is -1.75. The van der Waals surface area contributed by atoms with Crippen LogP contribution in [0, 0.1) is 0 Å². The smallest absolute Gasteiger partial charge is 0.750 e. The van der Waals surface area contributed by atoms with E-state index < -0.39 is 22.0 Å². The number of rotatable bonds is 5. The van der Waals surface area contributed by atoms with Crippen LogP contribution in [-0.2, 0) is 46.2 Å². The van der Waals surface area contributed by atoms with E-state index in [0.29, 0.717) is 6.61 Å². The van der Waals surface area contributed by atoms with Crippen molar-refractivity contribution in [2.24, 2.45) is 0 Å². The molecular weight excluding hydrogens is 330 g/mol. The number of unbranched alkanes of at least 4 members (excludes halogenated alkanes) is 1. The molecule has 1 N–H and O–H groups in total. The van der Waals surface area contributed by atoms with Crippen molar-refractivity contribution >= 4 is 22.0 Å². The normalized spacial score (nSPS) is 8.59. The Hall–Kier alpha value is 0.363. The van der Waals surface area contributed by atoms with E-state index in [4.69, 9.17) is 35.8 Å². The first-order valence-electron chi connectivity index (χ1n) is 4.20. The summed E-state index contributed by atoms with van der Waals surface area (Å²) < 4.78 is 55.9. The van der Waals surface area contributed by atoms with Gasteiger partial charge < -0.3 is 18.9 Å². The van der Waals surface area contributed by atoms with Gasteiger partial charge in [-0.1, -0.05) is 13.3 Å². The third kappa shape index (κ3) is 117. The minimum Gasteiger partial charge on any atom is -0.750 e. The minimum absolute atomic E-state index is 0. The number of thiol groups is 2. The zero-order valence-electron chi connectivity index (χ0n) is 9.44. The van der Waals surface area contributed by atoms with Crippen molar-refractivity contribution in [1.29, 1.82) is 0 Å².